The van der Waals surface area contributed by atoms with E-state index in [2.05, 4.69) is 24.1 Å². The number of carbonyl (C=O) groups is 1. The standard InChI is InChI=1S/C22H36N2O2/c1-17(2)13-19(16-25)24-22(26)20-14-18-11-9-7-5-3-4-6-8-10-12-21(20)23-15-18/h14-15,17,19,25H,3-13,16H2,1-2H3,(H,24,26)/t19-/m0/s1. The Morgan fingerprint density at radius 3 is 2.31 bits per heavy atom. The lowest BCUT2D eigenvalue weighted by Crippen LogP contribution is -2.39. The van der Waals surface area contributed by atoms with E-state index in [-0.39, 0.29) is 18.6 Å². The van der Waals surface area contributed by atoms with Crippen molar-refractivity contribution in [3.8, 4) is 0 Å². The number of aliphatic hydroxyl groups excluding tert-OH is 1. The van der Waals surface area contributed by atoms with Crippen LogP contribution < -0.4 is 5.32 Å². The van der Waals surface area contributed by atoms with Gasteiger partial charge in [0.2, 0.25) is 0 Å². The monoisotopic (exact) mass is 360 g/mol. The Hall–Kier alpha value is -1.42. The summed E-state index contributed by atoms with van der Waals surface area (Å²) in [5.41, 5.74) is 2.77. The van der Waals surface area contributed by atoms with Crippen LogP contribution in [-0.4, -0.2) is 28.6 Å². The molecule has 1 amide bonds. The van der Waals surface area contributed by atoms with Gasteiger partial charge in [0.1, 0.15) is 0 Å². The fourth-order valence-corrected chi connectivity index (χ4v) is 3.76. The van der Waals surface area contributed by atoms with Crippen molar-refractivity contribution in [2.45, 2.75) is 90.5 Å². The maximum absolute atomic E-state index is 12.9. The van der Waals surface area contributed by atoms with Crippen molar-refractivity contribution >= 4 is 5.91 Å². The van der Waals surface area contributed by atoms with Gasteiger partial charge >= 0.3 is 0 Å². The van der Waals surface area contributed by atoms with E-state index in [4.69, 9.17) is 0 Å². The molecule has 0 unspecified atom stereocenters. The summed E-state index contributed by atoms with van der Waals surface area (Å²) in [7, 11) is 0. The summed E-state index contributed by atoms with van der Waals surface area (Å²) < 4.78 is 0. The van der Waals surface area contributed by atoms with Crippen LogP contribution in [0.5, 0.6) is 0 Å². The number of pyridine rings is 1. The molecule has 3 rings (SSSR count). The molecule has 146 valence electrons. The smallest absolute Gasteiger partial charge is 0.253 e. The number of hydrogen-bond acceptors (Lipinski definition) is 3. The van der Waals surface area contributed by atoms with Crippen molar-refractivity contribution in [1.29, 1.82) is 0 Å². The van der Waals surface area contributed by atoms with Gasteiger partial charge in [0, 0.05) is 6.20 Å². The van der Waals surface area contributed by atoms with Gasteiger partial charge in [-0.3, -0.25) is 9.78 Å². The molecule has 2 N–H and O–H groups in total. The molecule has 0 fully saturated rings. The Morgan fingerprint density at radius 2 is 1.69 bits per heavy atom. The Labute approximate surface area is 158 Å². The number of amides is 1. The van der Waals surface area contributed by atoms with Crippen molar-refractivity contribution in [2.24, 2.45) is 5.92 Å². The van der Waals surface area contributed by atoms with Gasteiger partial charge in [-0.25, -0.2) is 0 Å². The molecule has 0 saturated carbocycles. The van der Waals surface area contributed by atoms with Gasteiger partial charge in [0.15, 0.2) is 0 Å². The lowest BCUT2D eigenvalue weighted by atomic mass is 9.98. The molecule has 1 aromatic rings. The van der Waals surface area contributed by atoms with Crippen molar-refractivity contribution in [2.75, 3.05) is 6.61 Å². The molecule has 2 bridgehead atoms. The van der Waals surface area contributed by atoms with Gasteiger partial charge in [0.05, 0.1) is 23.9 Å². The second-order valence-electron chi connectivity index (χ2n) is 8.15. The van der Waals surface area contributed by atoms with E-state index in [0.29, 0.717) is 11.5 Å². The second-order valence-corrected chi connectivity index (χ2v) is 8.15. The summed E-state index contributed by atoms with van der Waals surface area (Å²) in [5, 5.41) is 12.6. The molecule has 1 aliphatic carbocycles. The third-order valence-corrected chi connectivity index (χ3v) is 5.21. The number of aryl methyl sites for hydroxylation is 2. The van der Waals surface area contributed by atoms with Gasteiger partial charge < -0.3 is 10.4 Å². The first kappa shape index (κ1) is 20.9. The quantitative estimate of drug-likeness (QED) is 0.816. The molecule has 0 saturated heterocycles. The first-order valence-electron chi connectivity index (χ1n) is 10.5. The van der Waals surface area contributed by atoms with Crippen molar-refractivity contribution in [3.63, 3.8) is 0 Å². The number of hydrogen-bond donors (Lipinski definition) is 2. The van der Waals surface area contributed by atoms with Crippen molar-refractivity contribution in [1.82, 2.24) is 10.3 Å². The third kappa shape index (κ3) is 7.06. The van der Waals surface area contributed by atoms with Crippen LogP contribution in [0.3, 0.4) is 0 Å². The molecule has 1 aromatic heterocycles. The van der Waals surface area contributed by atoms with Crippen LogP contribution in [0.2, 0.25) is 0 Å². The molecule has 1 atom stereocenters. The first-order chi connectivity index (χ1) is 12.6. The number of carbonyl (C=O) groups excluding carboxylic acids is 1. The zero-order valence-electron chi connectivity index (χ0n) is 16.6. The maximum Gasteiger partial charge on any atom is 0.253 e. The number of fused-ring (bicyclic) bond motifs is 11. The third-order valence-electron chi connectivity index (χ3n) is 5.21. The Bertz CT molecular complexity index is 557. The minimum Gasteiger partial charge on any atom is -0.394 e. The Morgan fingerprint density at radius 1 is 1.08 bits per heavy atom. The topological polar surface area (TPSA) is 62.2 Å². The minimum absolute atomic E-state index is 0.0215. The molecule has 0 spiro atoms. The van der Waals surface area contributed by atoms with E-state index in [1.807, 2.05) is 12.3 Å². The predicted octanol–water partition coefficient (Wildman–Crippen LogP) is 4.44. The molecule has 0 aromatic carbocycles. The molecule has 0 radical (unpaired) electrons. The van der Waals surface area contributed by atoms with Crippen LogP contribution in [0.25, 0.3) is 0 Å². The van der Waals surface area contributed by atoms with Crippen LogP contribution in [0.1, 0.15) is 93.3 Å². The number of rotatable bonds is 5. The average molecular weight is 361 g/mol. The van der Waals surface area contributed by atoms with Crippen LogP contribution in [0.4, 0.5) is 0 Å². The number of nitrogens with one attached hydrogen (secondary N) is 1. The fraction of sp³-hybridized carbons (Fsp3) is 0.727. The summed E-state index contributed by atoms with van der Waals surface area (Å²) in [6.45, 7) is 4.19. The largest absolute Gasteiger partial charge is 0.394 e. The van der Waals surface area contributed by atoms with E-state index in [1.54, 1.807) is 0 Å². The molecule has 2 aliphatic rings. The maximum atomic E-state index is 12.9. The lowest BCUT2D eigenvalue weighted by Gasteiger charge is -2.19. The van der Waals surface area contributed by atoms with E-state index in [1.165, 1.54) is 38.5 Å². The number of nitrogens with zero attached hydrogens (tertiary/aromatic N) is 1. The van der Waals surface area contributed by atoms with Crippen LogP contribution in [0.15, 0.2) is 12.3 Å². The van der Waals surface area contributed by atoms with Crippen molar-refractivity contribution in [3.05, 3.63) is 29.1 Å². The highest BCUT2D eigenvalue weighted by molar-refractivity contribution is 5.95. The van der Waals surface area contributed by atoms with Crippen LogP contribution in [0, 0.1) is 5.92 Å². The molecule has 4 heteroatoms. The summed E-state index contributed by atoms with van der Waals surface area (Å²) in [4.78, 5) is 17.5. The zero-order valence-corrected chi connectivity index (χ0v) is 16.6. The SMILES string of the molecule is CC(C)C[C@@H](CO)NC(=O)c1cc2cnc1CCCCCCCCCC2. The lowest BCUT2D eigenvalue weighted by molar-refractivity contribution is 0.0906. The zero-order chi connectivity index (χ0) is 18.8. The van der Waals surface area contributed by atoms with Gasteiger partial charge in [-0.1, -0.05) is 52.4 Å². The summed E-state index contributed by atoms with van der Waals surface area (Å²) >= 11 is 0. The Kier molecular flexibility index (Phi) is 9.10. The molecule has 2 heterocycles. The van der Waals surface area contributed by atoms with Crippen molar-refractivity contribution < 1.29 is 9.90 Å². The van der Waals surface area contributed by atoms with E-state index >= 15 is 0 Å². The van der Waals surface area contributed by atoms with Gasteiger partial charge in [-0.05, 0) is 49.7 Å². The van der Waals surface area contributed by atoms with E-state index < -0.39 is 0 Å². The molecular formula is C22H36N2O2. The summed E-state index contributed by atoms with van der Waals surface area (Å²) in [6.07, 6.45) is 14.6. The van der Waals surface area contributed by atoms with Gasteiger partial charge in [-0.15, -0.1) is 0 Å². The average Bonchev–Trinajstić information content (AvgIpc) is 2.62. The summed E-state index contributed by atoms with van der Waals surface area (Å²) in [6, 6.07) is 1.84. The predicted molar refractivity (Wildman–Crippen MR) is 106 cm³/mol. The first-order valence-corrected chi connectivity index (χ1v) is 10.5. The highest BCUT2D eigenvalue weighted by Gasteiger charge is 2.18. The van der Waals surface area contributed by atoms with Gasteiger partial charge in [-0.2, -0.15) is 0 Å². The van der Waals surface area contributed by atoms with Gasteiger partial charge in [0.25, 0.3) is 5.91 Å². The molecule has 4 nitrogen and oxygen atoms in total. The minimum atomic E-state index is -0.190. The molecule has 1 aliphatic heterocycles. The normalized spacial score (nSPS) is 17.7. The number of aromatic nitrogens is 1. The highest BCUT2D eigenvalue weighted by Crippen LogP contribution is 2.18. The molecular weight excluding hydrogens is 324 g/mol. The second kappa shape index (κ2) is 11.3. The Balaban J connectivity index is 2.14. The van der Waals surface area contributed by atoms with E-state index in [9.17, 15) is 9.90 Å². The summed E-state index contributed by atoms with van der Waals surface area (Å²) in [5.74, 6) is 0.350. The van der Waals surface area contributed by atoms with Crippen LogP contribution >= 0.6 is 0 Å². The fourth-order valence-electron chi connectivity index (χ4n) is 3.76. The van der Waals surface area contributed by atoms with Crippen LogP contribution in [-0.2, 0) is 12.8 Å². The molecule has 26 heavy (non-hydrogen) atoms. The number of aliphatic hydroxyl groups is 1. The highest BCUT2D eigenvalue weighted by atomic mass is 16.3. The van der Waals surface area contributed by atoms with E-state index in [0.717, 1.165) is 43.4 Å².